The van der Waals surface area contributed by atoms with Gasteiger partial charge in [-0.05, 0) is 37.5 Å². The number of nitrogens with one attached hydrogen (secondary N) is 1. The third-order valence-electron chi connectivity index (χ3n) is 4.96. The molecule has 1 aliphatic rings. The minimum absolute atomic E-state index is 0.0348. The highest BCUT2D eigenvalue weighted by Gasteiger charge is 2.25. The lowest BCUT2D eigenvalue weighted by Crippen LogP contribution is -2.45. The second-order valence-corrected chi connectivity index (χ2v) is 6.64. The quantitative estimate of drug-likeness (QED) is 0.906. The van der Waals surface area contributed by atoms with Gasteiger partial charge in [-0.2, -0.15) is 5.10 Å². The van der Waals surface area contributed by atoms with Gasteiger partial charge in [0.15, 0.2) is 0 Å². The number of piperidine rings is 1. The summed E-state index contributed by atoms with van der Waals surface area (Å²) in [6, 6.07) is 8.80. The highest BCUT2D eigenvalue weighted by molar-refractivity contribution is 5.93. The first-order valence-corrected chi connectivity index (χ1v) is 8.74. The Morgan fingerprint density at radius 3 is 2.76 bits per heavy atom. The fourth-order valence-electron chi connectivity index (χ4n) is 3.35. The highest BCUT2D eigenvalue weighted by atomic mass is 16.5. The van der Waals surface area contributed by atoms with Crippen molar-refractivity contribution in [2.75, 3.05) is 20.2 Å². The number of aryl methyl sites for hydroxylation is 1. The lowest BCUT2D eigenvalue weighted by Gasteiger charge is -2.36. The van der Waals surface area contributed by atoms with Crippen molar-refractivity contribution in [3.63, 3.8) is 0 Å². The number of hydrogen-bond acceptors (Lipinski definition) is 4. The molecule has 25 heavy (non-hydrogen) atoms. The topological polar surface area (TPSA) is 59.4 Å². The lowest BCUT2D eigenvalue weighted by molar-refractivity contribution is 0.0896. The Kier molecular flexibility index (Phi) is 5.38. The molecule has 0 aliphatic carbocycles. The third kappa shape index (κ3) is 4.20. The van der Waals surface area contributed by atoms with Gasteiger partial charge in [-0.25, -0.2) is 0 Å². The molecule has 3 rings (SSSR count). The first kappa shape index (κ1) is 17.5. The molecule has 0 saturated carbocycles. The molecule has 1 N–H and O–H groups in total. The molecular weight excluding hydrogens is 316 g/mol. The monoisotopic (exact) mass is 342 g/mol. The van der Waals surface area contributed by atoms with Crippen LogP contribution in [0.5, 0.6) is 5.75 Å². The molecular formula is C19H26N4O2. The average Bonchev–Trinajstić information content (AvgIpc) is 3.08. The van der Waals surface area contributed by atoms with Crippen LogP contribution >= 0.6 is 0 Å². The molecule has 1 aromatic carbocycles. The summed E-state index contributed by atoms with van der Waals surface area (Å²) in [6.07, 6.45) is 5.27. The predicted molar refractivity (Wildman–Crippen MR) is 96.7 cm³/mol. The van der Waals surface area contributed by atoms with E-state index in [1.807, 2.05) is 19.2 Å². The van der Waals surface area contributed by atoms with Gasteiger partial charge in [0.1, 0.15) is 5.75 Å². The maximum atomic E-state index is 12.2. The zero-order valence-electron chi connectivity index (χ0n) is 15.1. The molecule has 6 nitrogen and oxygen atoms in total. The molecule has 1 aliphatic heterocycles. The highest BCUT2D eigenvalue weighted by Crippen LogP contribution is 2.26. The van der Waals surface area contributed by atoms with Crippen LogP contribution < -0.4 is 10.1 Å². The molecule has 0 bridgehead atoms. The number of ether oxygens (including phenoxy) is 1. The zero-order chi connectivity index (χ0) is 17.8. The van der Waals surface area contributed by atoms with E-state index in [1.165, 1.54) is 5.56 Å². The van der Waals surface area contributed by atoms with E-state index < -0.39 is 0 Å². The van der Waals surface area contributed by atoms with E-state index in [2.05, 4.69) is 34.4 Å². The fraction of sp³-hybridized carbons (Fsp3) is 0.474. The van der Waals surface area contributed by atoms with Crippen molar-refractivity contribution in [2.45, 2.75) is 31.8 Å². The summed E-state index contributed by atoms with van der Waals surface area (Å²) in [6.45, 7) is 4.16. The molecule has 2 aromatic rings. The summed E-state index contributed by atoms with van der Waals surface area (Å²) in [4.78, 5) is 14.7. The van der Waals surface area contributed by atoms with E-state index in [4.69, 9.17) is 4.74 Å². The van der Waals surface area contributed by atoms with Gasteiger partial charge in [0.05, 0.1) is 18.9 Å². The Morgan fingerprint density at radius 1 is 1.36 bits per heavy atom. The van der Waals surface area contributed by atoms with Gasteiger partial charge in [0, 0.05) is 38.4 Å². The van der Waals surface area contributed by atoms with Gasteiger partial charge < -0.3 is 10.1 Å². The zero-order valence-corrected chi connectivity index (χ0v) is 15.1. The summed E-state index contributed by atoms with van der Waals surface area (Å²) < 4.78 is 6.97. The molecule has 6 heteroatoms. The molecule has 134 valence electrons. The van der Waals surface area contributed by atoms with E-state index in [0.717, 1.165) is 31.7 Å². The second kappa shape index (κ2) is 7.70. The maximum absolute atomic E-state index is 12.2. The Hall–Kier alpha value is -2.34. The molecule has 1 amide bonds. The van der Waals surface area contributed by atoms with E-state index >= 15 is 0 Å². The largest absolute Gasteiger partial charge is 0.497 e. The van der Waals surface area contributed by atoms with Crippen LogP contribution in [0.3, 0.4) is 0 Å². The number of methoxy groups -OCH3 is 1. The van der Waals surface area contributed by atoms with Gasteiger partial charge in [-0.1, -0.05) is 12.1 Å². The number of aromatic nitrogens is 2. The van der Waals surface area contributed by atoms with Crippen LogP contribution in [0.25, 0.3) is 0 Å². The summed E-state index contributed by atoms with van der Waals surface area (Å²) in [5, 5.41) is 7.18. The smallest absolute Gasteiger partial charge is 0.254 e. The van der Waals surface area contributed by atoms with Crippen molar-refractivity contribution >= 4 is 5.91 Å². The number of hydrogen-bond donors (Lipinski definition) is 1. The number of carbonyl (C=O) groups is 1. The molecule has 1 fully saturated rings. The van der Waals surface area contributed by atoms with Crippen LogP contribution in [0.15, 0.2) is 36.7 Å². The first-order chi connectivity index (χ1) is 12.1. The first-order valence-electron chi connectivity index (χ1n) is 8.74. The van der Waals surface area contributed by atoms with Crippen LogP contribution in [-0.4, -0.2) is 46.8 Å². The van der Waals surface area contributed by atoms with Gasteiger partial charge in [-0.15, -0.1) is 0 Å². The summed E-state index contributed by atoms with van der Waals surface area (Å²) >= 11 is 0. The Labute approximate surface area is 148 Å². The van der Waals surface area contributed by atoms with Crippen molar-refractivity contribution in [1.82, 2.24) is 20.0 Å². The summed E-state index contributed by atoms with van der Waals surface area (Å²) in [5.41, 5.74) is 1.88. The molecule has 1 saturated heterocycles. The summed E-state index contributed by atoms with van der Waals surface area (Å²) in [5.74, 6) is 0.857. The van der Waals surface area contributed by atoms with Gasteiger partial charge in [0.25, 0.3) is 5.91 Å². The van der Waals surface area contributed by atoms with Crippen LogP contribution in [0.4, 0.5) is 0 Å². The van der Waals surface area contributed by atoms with Crippen LogP contribution in [0.1, 0.15) is 41.7 Å². The molecule has 0 radical (unpaired) electrons. The third-order valence-corrected chi connectivity index (χ3v) is 4.96. The van der Waals surface area contributed by atoms with E-state index in [0.29, 0.717) is 11.6 Å². The second-order valence-electron chi connectivity index (χ2n) is 6.64. The number of rotatable bonds is 5. The standard InChI is InChI=1S/C19H26N4O2/c1-14(15-5-4-6-18(11-15)25-3)23-9-7-17(8-10-23)21-19(24)16-12-20-22(2)13-16/h4-6,11-14,17H,7-10H2,1-3H3,(H,21,24)/t14-/m1/s1. The molecule has 2 heterocycles. The maximum Gasteiger partial charge on any atom is 0.254 e. The molecule has 0 unspecified atom stereocenters. The van der Waals surface area contributed by atoms with Crippen molar-refractivity contribution in [3.8, 4) is 5.75 Å². The minimum Gasteiger partial charge on any atom is -0.497 e. The van der Waals surface area contributed by atoms with Crippen molar-refractivity contribution < 1.29 is 9.53 Å². The molecule has 1 atom stereocenters. The van der Waals surface area contributed by atoms with Crippen molar-refractivity contribution in [3.05, 3.63) is 47.8 Å². The van der Waals surface area contributed by atoms with Crippen molar-refractivity contribution in [1.29, 1.82) is 0 Å². The number of amides is 1. The SMILES string of the molecule is COc1cccc([C@@H](C)N2CCC(NC(=O)c3cnn(C)c3)CC2)c1. The molecule has 0 spiro atoms. The number of benzene rings is 1. The predicted octanol–water partition coefficient (Wildman–Crippen LogP) is 2.38. The van der Waals surface area contributed by atoms with Crippen molar-refractivity contribution in [2.24, 2.45) is 7.05 Å². The Bertz CT molecular complexity index is 720. The average molecular weight is 342 g/mol. The number of carbonyl (C=O) groups excluding carboxylic acids is 1. The Morgan fingerprint density at radius 2 is 2.12 bits per heavy atom. The van der Waals surface area contributed by atoms with Crippen LogP contribution in [-0.2, 0) is 7.05 Å². The van der Waals surface area contributed by atoms with E-state index in [1.54, 1.807) is 24.2 Å². The van der Waals surface area contributed by atoms with E-state index in [-0.39, 0.29) is 11.9 Å². The molecule has 1 aromatic heterocycles. The van der Waals surface area contributed by atoms with E-state index in [9.17, 15) is 4.79 Å². The number of likely N-dealkylation sites (tertiary alicyclic amines) is 1. The summed E-state index contributed by atoms with van der Waals surface area (Å²) in [7, 11) is 3.51. The lowest BCUT2D eigenvalue weighted by atomic mass is 10.00. The minimum atomic E-state index is -0.0348. The normalized spacial score (nSPS) is 17.2. The van der Waals surface area contributed by atoms with Gasteiger partial charge in [0.2, 0.25) is 0 Å². The van der Waals surface area contributed by atoms with Crippen LogP contribution in [0, 0.1) is 0 Å². The van der Waals surface area contributed by atoms with Crippen LogP contribution in [0.2, 0.25) is 0 Å². The number of nitrogens with zero attached hydrogens (tertiary/aromatic N) is 3. The van der Waals surface area contributed by atoms with Gasteiger partial charge in [-0.3, -0.25) is 14.4 Å². The van der Waals surface area contributed by atoms with Gasteiger partial charge >= 0.3 is 0 Å². The fourth-order valence-corrected chi connectivity index (χ4v) is 3.35. The Balaban J connectivity index is 1.53.